The van der Waals surface area contributed by atoms with Crippen molar-refractivity contribution in [3.8, 4) is 44.5 Å². The molecular weight excluding hydrogens is 743 g/mol. The first-order valence-corrected chi connectivity index (χ1v) is 20.7. The number of anilines is 3. The topological polar surface area (TPSA) is 29.5 Å². The first-order valence-electron chi connectivity index (χ1n) is 20.7. The highest BCUT2D eigenvalue weighted by Crippen LogP contribution is 2.47. The number of rotatable bonds is 7. The molecule has 0 atom stereocenters. The molecule has 0 fully saturated rings. The van der Waals surface area contributed by atoms with Crippen LogP contribution in [0.5, 0.6) is 0 Å². The van der Waals surface area contributed by atoms with Gasteiger partial charge in [-0.05, 0) is 92.9 Å². The number of nitrogens with zero attached hydrogens (tertiary/aromatic N) is 1. The highest BCUT2D eigenvalue weighted by atomic mass is 16.3. The second-order valence-corrected chi connectivity index (χ2v) is 15.6. The fourth-order valence-electron chi connectivity index (χ4n) is 9.21. The number of hydrogen-bond acceptors (Lipinski definition) is 3. The minimum atomic E-state index is 0.851. The molecule has 3 heteroatoms. The fourth-order valence-corrected chi connectivity index (χ4v) is 9.21. The lowest BCUT2D eigenvalue weighted by atomic mass is 9.91. The normalized spacial score (nSPS) is 11.6. The summed E-state index contributed by atoms with van der Waals surface area (Å²) in [5.74, 6) is 0. The molecule has 0 bridgehead atoms. The highest BCUT2D eigenvalue weighted by Gasteiger charge is 2.23. The predicted octanol–water partition coefficient (Wildman–Crippen LogP) is 16.8. The maximum absolute atomic E-state index is 7.07. The maximum Gasteiger partial charge on any atom is 0.159 e. The Balaban J connectivity index is 1.03. The van der Waals surface area contributed by atoms with Gasteiger partial charge in [0.25, 0.3) is 0 Å². The molecule has 0 saturated heterocycles. The second kappa shape index (κ2) is 14.3. The van der Waals surface area contributed by atoms with Crippen LogP contribution in [0.25, 0.3) is 99.2 Å². The van der Waals surface area contributed by atoms with Crippen molar-refractivity contribution in [1.82, 2.24) is 0 Å². The Morgan fingerprint density at radius 3 is 1.49 bits per heavy atom. The third-order valence-electron chi connectivity index (χ3n) is 12.1. The summed E-state index contributed by atoms with van der Waals surface area (Å²) in [7, 11) is 0. The van der Waals surface area contributed by atoms with E-state index >= 15 is 0 Å². The van der Waals surface area contributed by atoms with Gasteiger partial charge in [-0.25, -0.2) is 0 Å². The van der Waals surface area contributed by atoms with Crippen LogP contribution in [-0.2, 0) is 0 Å². The fraction of sp³-hybridized carbons (Fsp3) is 0. The van der Waals surface area contributed by atoms with Gasteiger partial charge in [-0.15, -0.1) is 0 Å². The van der Waals surface area contributed by atoms with E-state index in [2.05, 4.69) is 217 Å². The number of benzene rings is 10. The molecule has 0 aliphatic carbocycles. The summed E-state index contributed by atoms with van der Waals surface area (Å²) in [5, 5.41) is 6.69. The number of hydrogen-bond donors (Lipinski definition) is 0. The Morgan fingerprint density at radius 2 is 0.787 bits per heavy atom. The number of para-hydroxylation sites is 2. The standard InChI is InChI=1S/C58H37NO2/c1-4-15-38(16-5-1)39-27-31-43(32-28-39)59(53-25-14-24-49-47-22-12-13-26-54(47)60-57(49)53)44-33-29-41(30-34-44)45-35-36-50-52-37-51(40-17-6-2-7-18-40)46-21-10-11-23-48(46)56(52)61-58(50)55(45)42-19-8-3-9-20-42/h1-37H. The third-order valence-corrected chi connectivity index (χ3v) is 12.1. The summed E-state index contributed by atoms with van der Waals surface area (Å²) in [6.07, 6.45) is 0. The monoisotopic (exact) mass is 779 g/mol. The third kappa shape index (κ3) is 5.82. The Morgan fingerprint density at radius 1 is 0.279 bits per heavy atom. The van der Waals surface area contributed by atoms with E-state index in [0.29, 0.717) is 0 Å². The van der Waals surface area contributed by atoms with Gasteiger partial charge in [0.15, 0.2) is 5.58 Å². The molecule has 2 aromatic heterocycles. The summed E-state index contributed by atoms with van der Waals surface area (Å²) in [6, 6.07) is 79.6. The van der Waals surface area contributed by atoms with Crippen molar-refractivity contribution in [2.75, 3.05) is 4.90 Å². The molecule has 3 nitrogen and oxygen atoms in total. The smallest absolute Gasteiger partial charge is 0.159 e. The van der Waals surface area contributed by atoms with E-state index < -0.39 is 0 Å². The van der Waals surface area contributed by atoms with E-state index in [1.807, 2.05) is 12.1 Å². The molecule has 12 aromatic rings. The van der Waals surface area contributed by atoms with E-state index in [-0.39, 0.29) is 0 Å². The van der Waals surface area contributed by atoms with Gasteiger partial charge in [-0.2, -0.15) is 0 Å². The van der Waals surface area contributed by atoms with Crippen LogP contribution < -0.4 is 4.90 Å². The SMILES string of the molecule is c1ccc(-c2ccc(N(c3ccc(-c4ccc5c(oc6c7ccccc7c(-c7ccccc7)cc56)c4-c4ccccc4)cc3)c3cccc4c3oc3ccccc34)cc2)cc1. The van der Waals surface area contributed by atoms with Gasteiger partial charge in [-0.1, -0.05) is 176 Å². The van der Waals surface area contributed by atoms with Crippen LogP contribution in [0.4, 0.5) is 17.1 Å². The molecule has 0 spiro atoms. The van der Waals surface area contributed by atoms with Crippen molar-refractivity contribution in [3.63, 3.8) is 0 Å². The minimum Gasteiger partial charge on any atom is -0.455 e. The summed E-state index contributed by atoms with van der Waals surface area (Å²) < 4.78 is 13.7. The summed E-state index contributed by atoms with van der Waals surface area (Å²) in [6.45, 7) is 0. The Kier molecular flexibility index (Phi) is 8.17. The Hall–Kier alpha value is -8.14. The zero-order chi connectivity index (χ0) is 40.3. The maximum atomic E-state index is 7.07. The Bertz CT molecular complexity index is 3550. The van der Waals surface area contributed by atoms with Crippen molar-refractivity contribution >= 4 is 71.7 Å². The molecule has 10 aromatic carbocycles. The molecule has 0 amide bonds. The molecule has 0 aliphatic rings. The van der Waals surface area contributed by atoms with Crippen molar-refractivity contribution in [2.24, 2.45) is 0 Å². The van der Waals surface area contributed by atoms with Crippen molar-refractivity contribution in [1.29, 1.82) is 0 Å². The molecule has 0 aliphatic heterocycles. The summed E-state index contributed by atoms with van der Waals surface area (Å²) in [5.41, 5.74) is 15.7. The van der Waals surface area contributed by atoms with E-state index in [0.717, 1.165) is 88.6 Å². The van der Waals surface area contributed by atoms with Gasteiger partial charge in [0.2, 0.25) is 0 Å². The van der Waals surface area contributed by atoms with Gasteiger partial charge >= 0.3 is 0 Å². The van der Waals surface area contributed by atoms with Gasteiger partial charge < -0.3 is 13.7 Å². The lowest BCUT2D eigenvalue weighted by molar-refractivity contribution is 0.669. The summed E-state index contributed by atoms with van der Waals surface area (Å²) >= 11 is 0. The van der Waals surface area contributed by atoms with Crippen LogP contribution in [0.3, 0.4) is 0 Å². The molecule has 12 rings (SSSR count). The highest BCUT2D eigenvalue weighted by molar-refractivity contribution is 6.22. The Labute approximate surface area is 353 Å². The second-order valence-electron chi connectivity index (χ2n) is 15.6. The van der Waals surface area contributed by atoms with Gasteiger partial charge in [-0.3, -0.25) is 0 Å². The van der Waals surface area contributed by atoms with E-state index in [9.17, 15) is 0 Å². The van der Waals surface area contributed by atoms with Crippen molar-refractivity contribution in [3.05, 3.63) is 224 Å². The predicted molar refractivity (Wildman–Crippen MR) is 255 cm³/mol. The molecule has 0 radical (unpaired) electrons. The van der Waals surface area contributed by atoms with Gasteiger partial charge in [0, 0.05) is 43.9 Å². The molecule has 61 heavy (non-hydrogen) atoms. The van der Waals surface area contributed by atoms with Crippen LogP contribution in [0, 0.1) is 0 Å². The number of furan rings is 2. The lowest BCUT2D eigenvalue weighted by Crippen LogP contribution is -2.10. The van der Waals surface area contributed by atoms with E-state index in [1.54, 1.807) is 0 Å². The zero-order valence-electron chi connectivity index (χ0n) is 33.1. The van der Waals surface area contributed by atoms with E-state index in [1.165, 1.54) is 27.6 Å². The molecule has 2 heterocycles. The first-order chi connectivity index (χ1) is 30.3. The molecule has 0 saturated carbocycles. The molecule has 286 valence electrons. The molecule has 0 unspecified atom stereocenters. The van der Waals surface area contributed by atoms with Crippen LogP contribution in [0.2, 0.25) is 0 Å². The lowest BCUT2D eigenvalue weighted by Gasteiger charge is -2.26. The van der Waals surface area contributed by atoms with E-state index in [4.69, 9.17) is 8.83 Å². The molecule has 0 N–H and O–H groups in total. The molecular formula is C58H37NO2. The van der Waals surface area contributed by atoms with Crippen molar-refractivity contribution < 1.29 is 8.83 Å². The van der Waals surface area contributed by atoms with Crippen molar-refractivity contribution in [2.45, 2.75) is 0 Å². The zero-order valence-corrected chi connectivity index (χ0v) is 33.1. The largest absolute Gasteiger partial charge is 0.455 e. The van der Waals surface area contributed by atoms with Gasteiger partial charge in [0.05, 0.1) is 5.69 Å². The number of fused-ring (bicyclic) bond motifs is 8. The summed E-state index contributed by atoms with van der Waals surface area (Å²) in [4.78, 5) is 2.30. The quantitative estimate of drug-likeness (QED) is 0.161. The van der Waals surface area contributed by atoms with Gasteiger partial charge in [0.1, 0.15) is 16.7 Å². The minimum absolute atomic E-state index is 0.851. The average Bonchev–Trinajstić information content (AvgIpc) is 3.92. The van der Waals surface area contributed by atoms with Crippen LogP contribution >= 0.6 is 0 Å². The average molecular weight is 780 g/mol. The van der Waals surface area contributed by atoms with Crippen LogP contribution in [0.15, 0.2) is 233 Å². The van der Waals surface area contributed by atoms with Crippen LogP contribution in [-0.4, -0.2) is 0 Å². The first kappa shape index (κ1) is 34.9. The van der Waals surface area contributed by atoms with Crippen LogP contribution in [0.1, 0.15) is 0 Å².